The molecule has 1 saturated heterocycles. The summed E-state index contributed by atoms with van der Waals surface area (Å²) in [6.07, 6.45) is 4.37. The van der Waals surface area contributed by atoms with E-state index in [1.807, 2.05) is 12.1 Å². The van der Waals surface area contributed by atoms with Crippen LogP contribution < -0.4 is 10.6 Å². The van der Waals surface area contributed by atoms with Gasteiger partial charge in [-0.3, -0.25) is 4.90 Å². The topological polar surface area (TPSA) is 32.5 Å². The number of rotatable bonds is 4. The maximum Gasteiger partial charge on any atom is 0.0368 e. The van der Waals surface area contributed by atoms with Crippen molar-refractivity contribution >= 4 is 11.4 Å². The van der Waals surface area contributed by atoms with Crippen molar-refractivity contribution in [3.8, 4) is 0 Å². The highest BCUT2D eigenvalue weighted by atomic mass is 15.3. The molecule has 0 radical (unpaired) electrons. The minimum absolute atomic E-state index is 0.849. The first kappa shape index (κ1) is 11.8. The van der Waals surface area contributed by atoms with Crippen LogP contribution in [0.5, 0.6) is 0 Å². The zero-order valence-electron chi connectivity index (χ0n) is 11.0. The van der Waals surface area contributed by atoms with Gasteiger partial charge in [0.2, 0.25) is 0 Å². The standard InChI is InChI=1S/C15H23N3/c16-14-3-5-15(6-4-14)18-11-9-17(10-12-18)8-7-13-1-2-13/h3-6,13H,1-2,7-12,16H2. The molecule has 0 bridgehead atoms. The summed E-state index contributed by atoms with van der Waals surface area (Å²) < 4.78 is 0. The Hall–Kier alpha value is -1.22. The minimum atomic E-state index is 0.849. The molecule has 1 heterocycles. The lowest BCUT2D eigenvalue weighted by molar-refractivity contribution is 0.250. The second-order valence-electron chi connectivity index (χ2n) is 5.65. The number of hydrogen-bond donors (Lipinski definition) is 1. The molecule has 3 heteroatoms. The highest BCUT2D eigenvalue weighted by Crippen LogP contribution is 2.32. The van der Waals surface area contributed by atoms with E-state index in [0.717, 1.165) is 24.7 Å². The van der Waals surface area contributed by atoms with Crippen molar-refractivity contribution in [2.75, 3.05) is 43.4 Å². The molecule has 18 heavy (non-hydrogen) atoms. The van der Waals surface area contributed by atoms with E-state index < -0.39 is 0 Å². The van der Waals surface area contributed by atoms with Crippen LogP contribution in [0.15, 0.2) is 24.3 Å². The molecule has 1 aromatic rings. The molecule has 0 atom stereocenters. The third-order valence-electron chi connectivity index (χ3n) is 4.18. The Morgan fingerprint density at radius 1 is 1.00 bits per heavy atom. The molecule has 3 nitrogen and oxygen atoms in total. The number of nitrogens with zero attached hydrogens (tertiary/aromatic N) is 2. The zero-order valence-corrected chi connectivity index (χ0v) is 11.0. The Labute approximate surface area is 110 Å². The first-order valence-electron chi connectivity index (χ1n) is 7.14. The third kappa shape index (κ3) is 2.96. The summed E-state index contributed by atoms with van der Waals surface area (Å²) in [6.45, 7) is 6.01. The van der Waals surface area contributed by atoms with Gasteiger partial charge in [0, 0.05) is 37.6 Å². The number of benzene rings is 1. The highest BCUT2D eigenvalue weighted by Gasteiger charge is 2.23. The second-order valence-corrected chi connectivity index (χ2v) is 5.65. The van der Waals surface area contributed by atoms with Gasteiger partial charge in [-0.25, -0.2) is 0 Å². The average Bonchev–Trinajstić information content (AvgIpc) is 3.22. The van der Waals surface area contributed by atoms with E-state index in [0.29, 0.717) is 0 Å². The number of piperazine rings is 1. The van der Waals surface area contributed by atoms with Crippen LogP contribution in [0.1, 0.15) is 19.3 Å². The van der Waals surface area contributed by atoms with Crippen molar-refractivity contribution in [3.63, 3.8) is 0 Å². The van der Waals surface area contributed by atoms with Gasteiger partial charge in [0.1, 0.15) is 0 Å². The van der Waals surface area contributed by atoms with Crippen molar-refractivity contribution in [2.45, 2.75) is 19.3 Å². The van der Waals surface area contributed by atoms with Crippen molar-refractivity contribution in [2.24, 2.45) is 5.92 Å². The Balaban J connectivity index is 1.48. The summed E-state index contributed by atoms with van der Waals surface area (Å²) in [5, 5.41) is 0. The van der Waals surface area contributed by atoms with Crippen LogP contribution in [0, 0.1) is 5.92 Å². The fraction of sp³-hybridized carbons (Fsp3) is 0.600. The molecule has 1 saturated carbocycles. The maximum atomic E-state index is 5.73. The van der Waals surface area contributed by atoms with Gasteiger partial charge >= 0.3 is 0 Å². The van der Waals surface area contributed by atoms with Crippen molar-refractivity contribution < 1.29 is 0 Å². The number of hydrogen-bond acceptors (Lipinski definition) is 3. The van der Waals surface area contributed by atoms with Crippen LogP contribution in [0.25, 0.3) is 0 Å². The Morgan fingerprint density at radius 2 is 1.67 bits per heavy atom. The summed E-state index contributed by atoms with van der Waals surface area (Å²) in [7, 11) is 0. The van der Waals surface area contributed by atoms with Gasteiger partial charge in [-0.15, -0.1) is 0 Å². The lowest BCUT2D eigenvalue weighted by Crippen LogP contribution is -2.46. The molecule has 3 rings (SSSR count). The van der Waals surface area contributed by atoms with Crippen molar-refractivity contribution in [1.29, 1.82) is 0 Å². The molecule has 1 aromatic carbocycles. The fourth-order valence-corrected chi connectivity index (χ4v) is 2.69. The number of anilines is 2. The fourth-order valence-electron chi connectivity index (χ4n) is 2.69. The Kier molecular flexibility index (Phi) is 3.41. The summed E-state index contributed by atoms with van der Waals surface area (Å²) >= 11 is 0. The molecule has 2 N–H and O–H groups in total. The van der Waals surface area contributed by atoms with Crippen molar-refractivity contribution in [3.05, 3.63) is 24.3 Å². The molecule has 1 aliphatic carbocycles. The van der Waals surface area contributed by atoms with Gasteiger partial charge < -0.3 is 10.6 Å². The molecule has 2 aliphatic rings. The monoisotopic (exact) mass is 245 g/mol. The molecule has 0 amide bonds. The van der Waals surface area contributed by atoms with Gasteiger partial charge in [0.25, 0.3) is 0 Å². The molecular weight excluding hydrogens is 222 g/mol. The van der Waals surface area contributed by atoms with Crippen LogP contribution in [-0.4, -0.2) is 37.6 Å². The molecule has 98 valence electrons. The maximum absolute atomic E-state index is 5.73. The van der Waals surface area contributed by atoms with Gasteiger partial charge in [-0.2, -0.15) is 0 Å². The summed E-state index contributed by atoms with van der Waals surface area (Å²) in [5.74, 6) is 1.06. The second kappa shape index (κ2) is 5.19. The van der Waals surface area contributed by atoms with Crippen LogP contribution in [-0.2, 0) is 0 Å². The normalized spacial score (nSPS) is 21.2. The lowest BCUT2D eigenvalue weighted by Gasteiger charge is -2.36. The lowest BCUT2D eigenvalue weighted by atomic mass is 10.2. The van der Waals surface area contributed by atoms with Crippen molar-refractivity contribution in [1.82, 2.24) is 4.90 Å². The van der Waals surface area contributed by atoms with E-state index in [1.54, 1.807) is 0 Å². The first-order valence-corrected chi connectivity index (χ1v) is 7.14. The minimum Gasteiger partial charge on any atom is -0.399 e. The smallest absolute Gasteiger partial charge is 0.0368 e. The van der Waals surface area contributed by atoms with Gasteiger partial charge in [0.05, 0.1) is 0 Å². The van der Waals surface area contributed by atoms with Gasteiger partial charge in [-0.05, 0) is 43.1 Å². The number of nitrogens with two attached hydrogens (primary N) is 1. The highest BCUT2D eigenvalue weighted by molar-refractivity contribution is 5.53. The zero-order chi connectivity index (χ0) is 12.4. The van der Waals surface area contributed by atoms with E-state index in [-0.39, 0.29) is 0 Å². The van der Waals surface area contributed by atoms with Crippen LogP contribution in [0.4, 0.5) is 11.4 Å². The first-order chi connectivity index (χ1) is 8.81. The summed E-state index contributed by atoms with van der Waals surface area (Å²) in [6, 6.07) is 8.26. The quantitative estimate of drug-likeness (QED) is 0.825. The van der Waals surface area contributed by atoms with Gasteiger partial charge in [-0.1, -0.05) is 12.8 Å². The molecular formula is C15H23N3. The largest absolute Gasteiger partial charge is 0.399 e. The van der Waals surface area contributed by atoms with E-state index >= 15 is 0 Å². The Morgan fingerprint density at radius 3 is 2.28 bits per heavy atom. The van der Waals surface area contributed by atoms with Crippen LogP contribution >= 0.6 is 0 Å². The SMILES string of the molecule is Nc1ccc(N2CCN(CCC3CC3)CC2)cc1. The van der Waals surface area contributed by atoms with E-state index in [2.05, 4.69) is 21.9 Å². The molecule has 0 spiro atoms. The molecule has 0 aromatic heterocycles. The Bertz CT molecular complexity index is 375. The van der Waals surface area contributed by atoms with Crippen LogP contribution in [0.2, 0.25) is 0 Å². The molecule has 0 unspecified atom stereocenters. The molecule has 1 aliphatic heterocycles. The van der Waals surface area contributed by atoms with Crippen LogP contribution in [0.3, 0.4) is 0 Å². The van der Waals surface area contributed by atoms with Gasteiger partial charge in [0.15, 0.2) is 0 Å². The van der Waals surface area contributed by atoms with E-state index in [1.165, 1.54) is 44.6 Å². The molecule has 2 fully saturated rings. The predicted molar refractivity (Wildman–Crippen MR) is 76.8 cm³/mol. The third-order valence-corrected chi connectivity index (χ3v) is 4.18. The summed E-state index contributed by atoms with van der Waals surface area (Å²) in [5.41, 5.74) is 7.89. The predicted octanol–water partition coefficient (Wildman–Crippen LogP) is 2.19. The summed E-state index contributed by atoms with van der Waals surface area (Å²) in [4.78, 5) is 5.08. The average molecular weight is 245 g/mol. The number of nitrogen functional groups attached to an aromatic ring is 1. The van der Waals surface area contributed by atoms with E-state index in [9.17, 15) is 0 Å². The van der Waals surface area contributed by atoms with E-state index in [4.69, 9.17) is 5.73 Å².